The van der Waals surface area contributed by atoms with Crippen molar-refractivity contribution in [2.24, 2.45) is 0 Å². The van der Waals surface area contributed by atoms with Crippen LogP contribution < -0.4 is 11.4 Å². The van der Waals surface area contributed by atoms with Crippen LogP contribution in [0.5, 0.6) is 0 Å². The zero-order valence-corrected chi connectivity index (χ0v) is 11.3. The topological polar surface area (TPSA) is 117 Å². The third-order valence-corrected chi connectivity index (χ3v) is 3.18. The van der Waals surface area contributed by atoms with Crippen molar-refractivity contribution in [3.63, 3.8) is 0 Å². The first-order valence-corrected chi connectivity index (χ1v) is 6.13. The Morgan fingerprint density at radius 3 is 2.81 bits per heavy atom. The first-order valence-electron chi connectivity index (χ1n) is 6.13. The van der Waals surface area contributed by atoms with Crippen molar-refractivity contribution < 1.29 is 19.3 Å². The third kappa shape index (κ3) is 2.49. The van der Waals surface area contributed by atoms with Crippen molar-refractivity contribution in [2.75, 3.05) is 0 Å². The van der Waals surface area contributed by atoms with Crippen molar-refractivity contribution >= 4 is 0 Å². The molecule has 3 N–H and O–H groups in total. The highest BCUT2D eigenvalue weighted by molar-refractivity contribution is 5.22. The molecule has 0 spiro atoms. The van der Waals surface area contributed by atoms with Crippen molar-refractivity contribution in [2.45, 2.75) is 44.1 Å². The molecule has 114 valence electrons. The smallest absolute Gasteiger partial charge is 0.350 e. The number of hydrogen-bond acceptors (Lipinski definition) is 6. The zero-order valence-electron chi connectivity index (χ0n) is 11.3. The maximum Gasteiger partial charge on any atom is 0.350 e. The van der Waals surface area contributed by atoms with Crippen LogP contribution >= 0.6 is 0 Å². The molecule has 5 atom stereocenters. The highest BCUT2D eigenvalue weighted by Gasteiger charge is 2.59. The van der Waals surface area contributed by atoms with Gasteiger partial charge < -0.3 is 14.9 Å². The fraction of sp³-hybridized carbons (Fsp3) is 0.583. The lowest BCUT2D eigenvalue weighted by atomic mass is 9.94. The molecule has 0 aromatic carbocycles. The maximum atomic E-state index is 15.0. The minimum atomic E-state index is -2.62. The van der Waals surface area contributed by atoms with Crippen LogP contribution in [0, 0.1) is 11.8 Å². The Balaban J connectivity index is 2.56. The molecule has 1 unspecified atom stereocenters. The molecule has 0 radical (unpaired) electrons. The quantitative estimate of drug-likeness (QED) is 0.560. The average molecular weight is 299 g/mol. The monoisotopic (exact) mass is 299 g/mol. The summed E-state index contributed by atoms with van der Waals surface area (Å²) >= 11 is 0. The molecular weight excluding hydrogens is 285 g/mol. The molecule has 0 amide bonds. The maximum absolute atomic E-state index is 15.0. The van der Waals surface area contributed by atoms with E-state index in [9.17, 15) is 19.8 Å². The number of rotatable bonds is 2. The molecule has 9 heteroatoms. The van der Waals surface area contributed by atoms with Gasteiger partial charge in [-0.1, -0.05) is 5.92 Å². The molecule has 1 aliphatic heterocycles. The van der Waals surface area contributed by atoms with Gasteiger partial charge in [-0.05, 0) is 13.8 Å². The van der Waals surface area contributed by atoms with Crippen LogP contribution in [0.1, 0.15) is 20.1 Å². The van der Waals surface area contributed by atoms with Gasteiger partial charge >= 0.3 is 11.4 Å². The number of aromatic amines is 1. The number of aliphatic hydroxyl groups is 2. The van der Waals surface area contributed by atoms with E-state index in [1.54, 1.807) is 0 Å². The van der Waals surface area contributed by atoms with Crippen LogP contribution in [0.4, 0.5) is 4.39 Å². The van der Waals surface area contributed by atoms with Gasteiger partial charge in [-0.25, -0.2) is 14.0 Å². The number of aliphatic hydroxyl groups excluding tert-OH is 2. The lowest BCUT2D eigenvalue weighted by molar-refractivity contribution is -0.0807. The number of nitrogens with one attached hydrogen (secondary N) is 1. The van der Waals surface area contributed by atoms with Crippen molar-refractivity contribution in [3.05, 3.63) is 27.3 Å². The minimum absolute atomic E-state index is 0.678. The van der Waals surface area contributed by atoms with Crippen LogP contribution in [-0.2, 0) is 4.74 Å². The Morgan fingerprint density at radius 2 is 2.29 bits per heavy atom. The summed E-state index contributed by atoms with van der Waals surface area (Å²) in [6, 6.07) is 0. The van der Waals surface area contributed by atoms with Gasteiger partial charge in [-0.15, -0.1) is 5.92 Å². The van der Waals surface area contributed by atoms with Crippen LogP contribution in [-0.4, -0.2) is 48.7 Å². The van der Waals surface area contributed by atoms with E-state index in [0.717, 1.165) is 6.33 Å². The number of H-pyrrole nitrogens is 1. The molecule has 2 rings (SSSR count). The van der Waals surface area contributed by atoms with Crippen molar-refractivity contribution in [3.8, 4) is 11.8 Å². The Bertz CT molecular complexity index is 703. The van der Waals surface area contributed by atoms with Gasteiger partial charge in [0.05, 0.1) is 6.10 Å². The number of aromatic nitrogens is 3. The Labute approximate surface area is 118 Å². The van der Waals surface area contributed by atoms with Crippen LogP contribution in [0.2, 0.25) is 0 Å². The first kappa shape index (κ1) is 15.4. The van der Waals surface area contributed by atoms with E-state index in [0.29, 0.717) is 4.57 Å². The summed E-state index contributed by atoms with van der Waals surface area (Å²) in [7, 11) is 0. The lowest BCUT2D eigenvalue weighted by Gasteiger charge is -2.23. The van der Waals surface area contributed by atoms with E-state index < -0.39 is 41.6 Å². The highest BCUT2D eigenvalue weighted by Crippen LogP contribution is 2.41. The van der Waals surface area contributed by atoms with Gasteiger partial charge in [0, 0.05) is 0 Å². The summed E-state index contributed by atoms with van der Waals surface area (Å²) < 4.78 is 20.9. The van der Waals surface area contributed by atoms with Gasteiger partial charge in [0.2, 0.25) is 5.67 Å². The second kappa shape index (κ2) is 5.40. The molecule has 0 bridgehead atoms. The third-order valence-electron chi connectivity index (χ3n) is 3.18. The van der Waals surface area contributed by atoms with Gasteiger partial charge in [-0.2, -0.15) is 4.98 Å². The van der Waals surface area contributed by atoms with Crippen LogP contribution in [0.25, 0.3) is 0 Å². The molecule has 1 aliphatic rings. The highest BCUT2D eigenvalue weighted by atomic mass is 19.1. The Hall–Kier alpha value is -2.02. The molecule has 21 heavy (non-hydrogen) atoms. The number of nitrogens with zero attached hydrogens (tertiary/aromatic N) is 2. The van der Waals surface area contributed by atoms with E-state index in [-0.39, 0.29) is 0 Å². The summed E-state index contributed by atoms with van der Waals surface area (Å²) in [5.74, 6) is 4.48. The summed E-state index contributed by atoms with van der Waals surface area (Å²) in [6.45, 7) is 2.67. The molecule has 2 heterocycles. The first-order chi connectivity index (χ1) is 9.81. The Kier molecular flexibility index (Phi) is 3.95. The van der Waals surface area contributed by atoms with Gasteiger partial charge in [0.1, 0.15) is 18.5 Å². The standard InChI is InChI=1S/C12H14FN3O5/c1-3-4-12(13)8(18)7(6(2)17)21-9(12)16-5-14-10(19)15-11(16)20/h5-9,17-18H,1-2H3,(H,15,19,20)/t6-,7-,8?,9-,12-/m1/s1. The predicted molar refractivity (Wildman–Crippen MR) is 68.0 cm³/mol. The fourth-order valence-electron chi connectivity index (χ4n) is 2.20. The van der Waals surface area contributed by atoms with E-state index in [1.807, 2.05) is 4.98 Å². The summed E-state index contributed by atoms with van der Waals surface area (Å²) in [5, 5.41) is 19.6. The lowest BCUT2D eigenvalue weighted by Crippen LogP contribution is -2.46. The molecule has 1 saturated heterocycles. The molecule has 1 aromatic heterocycles. The van der Waals surface area contributed by atoms with Gasteiger partial charge in [-0.3, -0.25) is 9.55 Å². The average Bonchev–Trinajstić information content (AvgIpc) is 2.64. The molecule has 0 saturated carbocycles. The molecule has 1 fully saturated rings. The second-order valence-corrected chi connectivity index (χ2v) is 4.67. The normalized spacial score (nSPS) is 33.3. The van der Waals surface area contributed by atoms with Crippen molar-refractivity contribution in [1.82, 2.24) is 14.5 Å². The largest absolute Gasteiger partial charge is 0.391 e. The summed E-state index contributed by atoms with van der Waals surface area (Å²) in [6.07, 6.45) is -5.08. The number of hydrogen-bond donors (Lipinski definition) is 3. The summed E-state index contributed by atoms with van der Waals surface area (Å²) in [5.41, 5.74) is -4.48. The van der Waals surface area contributed by atoms with Gasteiger partial charge in [0.15, 0.2) is 6.23 Å². The minimum Gasteiger partial charge on any atom is -0.391 e. The fourth-order valence-corrected chi connectivity index (χ4v) is 2.20. The zero-order chi connectivity index (χ0) is 15.8. The molecule has 0 aliphatic carbocycles. The number of halogens is 1. The SMILES string of the molecule is CC#C[C@@]1(F)C(O)[C@@H]([C@@H](C)O)O[C@H]1n1cnc(=O)[nH]c1=O. The number of ether oxygens (including phenoxy) is 1. The molecule has 1 aromatic rings. The molecular formula is C12H14FN3O5. The van der Waals surface area contributed by atoms with E-state index in [2.05, 4.69) is 16.8 Å². The van der Waals surface area contributed by atoms with E-state index in [1.165, 1.54) is 13.8 Å². The predicted octanol–water partition coefficient (Wildman–Crippen LogP) is -1.70. The molecule has 8 nitrogen and oxygen atoms in total. The van der Waals surface area contributed by atoms with Crippen molar-refractivity contribution in [1.29, 1.82) is 0 Å². The number of alkyl halides is 1. The van der Waals surface area contributed by atoms with E-state index in [4.69, 9.17) is 4.74 Å². The Morgan fingerprint density at radius 1 is 1.62 bits per heavy atom. The van der Waals surface area contributed by atoms with Gasteiger partial charge in [0.25, 0.3) is 0 Å². The van der Waals surface area contributed by atoms with Crippen LogP contribution in [0.3, 0.4) is 0 Å². The van der Waals surface area contributed by atoms with E-state index >= 15 is 4.39 Å². The summed E-state index contributed by atoms with van der Waals surface area (Å²) in [4.78, 5) is 27.9. The second-order valence-electron chi connectivity index (χ2n) is 4.67. The van der Waals surface area contributed by atoms with Crippen LogP contribution in [0.15, 0.2) is 15.9 Å².